The van der Waals surface area contributed by atoms with Gasteiger partial charge in [0.15, 0.2) is 0 Å². The number of halogens is 3. The maximum absolute atomic E-state index is 4.97. The molecule has 1 saturated carbocycles. The number of nitrogens with zero attached hydrogens (tertiary/aromatic N) is 2. The fraction of sp³-hybridized carbons (Fsp3) is 0.462. The van der Waals surface area contributed by atoms with Crippen LogP contribution < -0.4 is 4.90 Å². The number of rotatable bonds is 2. The van der Waals surface area contributed by atoms with Crippen LogP contribution in [0.1, 0.15) is 68.1 Å². The van der Waals surface area contributed by atoms with Crippen molar-refractivity contribution in [2.75, 3.05) is 4.90 Å². The van der Waals surface area contributed by atoms with E-state index < -0.39 is 13.5 Å². The summed E-state index contributed by atoms with van der Waals surface area (Å²) in [7, 11) is 14.9. The summed E-state index contributed by atoms with van der Waals surface area (Å²) in [5.74, 6) is 1.40. The van der Waals surface area contributed by atoms with Crippen LogP contribution in [0.4, 0.5) is 5.69 Å². The SMILES string of the molecule is Cc1cc(C)c(N2C=CN(C3CCCCC3)C2=C2C=CC=CCCC2)c(C)c1.[Cl][Ir]([Cl])[Cl]. The first kappa shape index (κ1) is 25.9. The van der Waals surface area contributed by atoms with Crippen LogP contribution in [-0.2, 0) is 13.5 Å². The summed E-state index contributed by atoms with van der Waals surface area (Å²) >= 11 is -1.92. The normalized spacial score (nSPS) is 21.9. The van der Waals surface area contributed by atoms with E-state index in [4.69, 9.17) is 28.8 Å². The predicted molar refractivity (Wildman–Crippen MR) is 138 cm³/mol. The molecule has 0 spiro atoms. The van der Waals surface area contributed by atoms with Crippen LogP contribution in [0, 0.1) is 20.8 Å². The van der Waals surface area contributed by atoms with Gasteiger partial charge in [0.25, 0.3) is 0 Å². The fourth-order valence-electron chi connectivity index (χ4n) is 5.14. The molecule has 1 aliphatic heterocycles. The van der Waals surface area contributed by atoms with Crippen LogP contribution in [0.15, 0.2) is 60.2 Å². The Morgan fingerprint density at radius 1 is 0.875 bits per heavy atom. The molecule has 0 N–H and O–H groups in total. The van der Waals surface area contributed by atoms with E-state index in [9.17, 15) is 0 Å². The topological polar surface area (TPSA) is 6.48 Å². The maximum atomic E-state index is 4.97. The molecule has 1 heterocycles. The van der Waals surface area contributed by atoms with Crippen molar-refractivity contribution in [2.24, 2.45) is 0 Å². The van der Waals surface area contributed by atoms with Gasteiger partial charge in [0.1, 0.15) is 5.82 Å². The van der Waals surface area contributed by atoms with E-state index in [2.05, 4.69) is 79.4 Å². The Kier molecular flexibility index (Phi) is 10.3. The van der Waals surface area contributed by atoms with E-state index in [0.717, 1.165) is 6.42 Å². The summed E-state index contributed by atoms with van der Waals surface area (Å²) in [6.45, 7) is 6.71. The monoisotopic (exact) mass is 672 g/mol. The quantitative estimate of drug-likeness (QED) is 0.309. The van der Waals surface area contributed by atoms with Crippen molar-refractivity contribution in [3.05, 3.63) is 76.9 Å². The first-order valence-electron chi connectivity index (χ1n) is 11.4. The molecule has 0 amide bonds. The summed E-state index contributed by atoms with van der Waals surface area (Å²) in [6, 6.07) is 5.27. The predicted octanol–water partition coefficient (Wildman–Crippen LogP) is 9.11. The van der Waals surface area contributed by atoms with Crippen LogP contribution in [0.25, 0.3) is 0 Å². The molecule has 178 valence electrons. The molecule has 1 fully saturated rings. The molecule has 0 saturated heterocycles. The molecule has 6 heteroatoms. The van der Waals surface area contributed by atoms with Crippen LogP contribution in [-0.4, -0.2) is 10.9 Å². The van der Waals surface area contributed by atoms with Gasteiger partial charge in [-0.05, 0) is 69.6 Å². The van der Waals surface area contributed by atoms with Gasteiger partial charge in [-0.3, -0.25) is 0 Å². The number of aryl methyl sites for hydroxylation is 3. The second-order valence-electron chi connectivity index (χ2n) is 8.79. The molecule has 0 aromatic heterocycles. The van der Waals surface area contributed by atoms with Crippen molar-refractivity contribution in [3.63, 3.8) is 0 Å². The average Bonchev–Trinajstić information content (AvgIpc) is 3.12. The van der Waals surface area contributed by atoms with Crippen molar-refractivity contribution in [1.29, 1.82) is 0 Å². The molecule has 0 bridgehead atoms. The van der Waals surface area contributed by atoms with Crippen molar-refractivity contribution < 1.29 is 13.5 Å². The van der Waals surface area contributed by atoms with Gasteiger partial charge in [-0.1, -0.05) is 61.3 Å². The molecule has 2 aliphatic carbocycles. The van der Waals surface area contributed by atoms with Crippen LogP contribution in [0.3, 0.4) is 0 Å². The minimum atomic E-state index is -1.92. The standard InChI is InChI=1S/C26H34N2.3ClH.Ir/c1-20-18-21(2)25(22(3)19-20)28-17-16-27(24-14-10-7-11-15-24)26(28)23-12-8-5-4-6-9-13-23;;;;/h4-5,8,12,16-19,24H,6-7,9-11,13-15H2,1-3H3;3*1H;/q;;;;+3/p-3. The second kappa shape index (κ2) is 12.7. The van der Waals surface area contributed by atoms with Gasteiger partial charge in [-0.2, -0.15) is 0 Å². The molecular weight excluding hydrogens is 639 g/mol. The molecular formula is C26H34Cl3IrN2. The van der Waals surface area contributed by atoms with Crippen molar-refractivity contribution in [3.8, 4) is 0 Å². The van der Waals surface area contributed by atoms with Crippen molar-refractivity contribution >= 4 is 34.4 Å². The second-order valence-corrected chi connectivity index (χ2v) is 19.2. The Morgan fingerprint density at radius 2 is 1.53 bits per heavy atom. The van der Waals surface area contributed by atoms with Gasteiger partial charge in [0.2, 0.25) is 0 Å². The van der Waals surface area contributed by atoms with Gasteiger partial charge in [-0.25, -0.2) is 0 Å². The molecule has 4 rings (SSSR count). The Balaban J connectivity index is 0.000000668. The molecule has 32 heavy (non-hydrogen) atoms. The Morgan fingerprint density at radius 3 is 2.19 bits per heavy atom. The van der Waals surface area contributed by atoms with Gasteiger partial charge in [-0.15, -0.1) is 0 Å². The average molecular weight is 673 g/mol. The Labute approximate surface area is 211 Å². The number of anilines is 1. The molecule has 3 aliphatic rings. The Bertz CT molecular complexity index is 873. The molecule has 0 unspecified atom stereocenters. The molecule has 2 nitrogen and oxygen atoms in total. The molecule has 1 aromatic carbocycles. The van der Waals surface area contributed by atoms with Crippen molar-refractivity contribution in [2.45, 2.75) is 78.2 Å². The molecule has 0 radical (unpaired) electrons. The van der Waals surface area contributed by atoms with Gasteiger partial charge >= 0.3 is 42.2 Å². The van der Waals surface area contributed by atoms with E-state index in [-0.39, 0.29) is 0 Å². The van der Waals surface area contributed by atoms with Crippen LogP contribution >= 0.6 is 28.8 Å². The zero-order chi connectivity index (χ0) is 23.1. The summed E-state index contributed by atoms with van der Waals surface area (Å²) in [5.41, 5.74) is 6.89. The first-order chi connectivity index (χ1) is 15.4. The van der Waals surface area contributed by atoms with E-state index >= 15 is 0 Å². The number of hydrogen-bond donors (Lipinski definition) is 0. The fourth-order valence-corrected chi connectivity index (χ4v) is 5.14. The minimum absolute atomic E-state index is 0.637. The number of benzene rings is 1. The van der Waals surface area contributed by atoms with Gasteiger partial charge < -0.3 is 9.80 Å². The van der Waals surface area contributed by atoms with Crippen LogP contribution in [0.5, 0.6) is 0 Å². The number of hydrogen-bond acceptors (Lipinski definition) is 2. The van der Waals surface area contributed by atoms with E-state index in [0.29, 0.717) is 6.04 Å². The third-order valence-electron chi connectivity index (χ3n) is 6.34. The molecule has 1 aromatic rings. The third-order valence-corrected chi connectivity index (χ3v) is 6.34. The molecule has 0 atom stereocenters. The number of allylic oxidation sites excluding steroid dienone is 5. The summed E-state index contributed by atoms with van der Waals surface area (Å²) in [6.07, 6.45) is 24.0. The third kappa shape index (κ3) is 6.90. The van der Waals surface area contributed by atoms with Crippen molar-refractivity contribution in [1.82, 2.24) is 4.90 Å². The van der Waals surface area contributed by atoms with Gasteiger partial charge in [0.05, 0.1) is 5.69 Å². The van der Waals surface area contributed by atoms with E-state index in [1.54, 1.807) is 0 Å². The first-order valence-corrected chi connectivity index (χ1v) is 20.3. The van der Waals surface area contributed by atoms with E-state index in [1.165, 1.54) is 78.7 Å². The zero-order valence-electron chi connectivity index (χ0n) is 19.2. The Hall–Kier alpha value is -0.701. The summed E-state index contributed by atoms with van der Waals surface area (Å²) in [5, 5.41) is 0. The van der Waals surface area contributed by atoms with Gasteiger partial charge in [0, 0.05) is 18.4 Å². The zero-order valence-corrected chi connectivity index (χ0v) is 23.9. The van der Waals surface area contributed by atoms with E-state index in [1.807, 2.05) is 0 Å². The summed E-state index contributed by atoms with van der Waals surface area (Å²) in [4.78, 5) is 5.08. The summed E-state index contributed by atoms with van der Waals surface area (Å²) < 4.78 is 0. The van der Waals surface area contributed by atoms with Crippen LogP contribution in [0.2, 0.25) is 0 Å².